The summed E-state index contributed by atoms with van der Waals surface area (Å²) in [5, 5.41) is 11.8. The average Bonchev–Trinajstić information content (AvgIpc) is 2.36. The van der Waals surface area contributed by atoms with Crippen molar-refractivity contribution in [1.82, 2.24) is 10.2 Å². The highest BCUT2D eigenvalue weighted by molar-refractivity contribution is 5.26. The molecule has 1 aromatic carbocycles. The zero-order valence-electron chi connectivity index (χ0n) is 12.0. The van der Waals surface area contributed by atoms with Crippen LogP contribution in [0.4, 0.5) is 17.6 Å². The first-order valence-electron chi connectivity index (χ1n) is 6.62. The Hall–Kier alpha value is -1.18. The van der Waals surface area contributed by atoms with Crippen molar-refractivity contribution in [1.29, 1.82) is 0 Å². The van der Waals surface area contributed by atoms with Crippen molar-refractivity contribution < 1.29 is 22.7 Å². The Kier molecular flexibility index (Phi) is 6.57. The Morgan fingerprint density at radius 3 is 2.52 bits per heavy atom. The van der Waals surface area contributed by atoms with Gasteiger partial charge in [0.2, 0.25) is 0 Å². The summed E-state index contributed by atoms with van der Waals surface area (Å²) in [6, 6.07) is 2.56. The van der Waals surface area contributed by atoms with E-state index in [9.17, 15) is 17.6 Å². The van der Waals surface area contributed by atoms with Crippen molar-refractivity contribution in [2.75, 3.05) is 26.7 Å². The van der Waals surface area contributed by atoms with Gasteiger partial charge in [0.05, 0.1) is 12.2 Å². The quantitative estimate of drug-likeness (QED) is 0.759. The Morgan fingerprint density at radius 1 is 1.33 bits per heavy atom. The van der Waals surface area contributed by atoms with E-state index in [0.717, 1.165) is 12.1 Å². The molecule has 21 heavy (non-hydrogen) atoms. The van der Waals surface area contributed by atoms with Crippen molar-refractivity contribution >= 4 is 0 Å². The number of hydrogen-bond donors (Lipinski definition) is 2. The van der Waals surface area contributed by atoms with E-state index in [1.54, 1.807) is 0 Å². The fraction of sp³-hybridized carbons (Fsp3) is 0.571. The van der Waals surface area contributed by atoms with E-state index in [2.05, 4.69) is 5.32 Å². The van der Waals surface area contributed by atoms with Gasteiger partial charge >= 0.3 is 6.18 Å². The third-order valence-electron chi connectivity index (χ3n) is 3.09. The van der Waals surface area contributed by atoms with Crippen LogP contribution in [0.1, 0.15) is 18.1 Å². The van der Waals surface area contributed by atoms with E-state index in [1.807, 2.05) is 18.9 Å². The molecule has 7 heteroatoms. The van der Waals surface area contributed by atoms with Gasteiger partial charge in [-0.3, -0.25) is 0 Å². The molecule has 1 rings (SSSR count). The van der Waals surface area contributed by atoms with Crippen LogP contribution < -0.4 is 5.32 Å². The molecule has 0 bridgehead atoms. The van der Waals surface area contributed by atoms with Crippen LogP contribution in [-0.2, 0) is 12.7 Å². The average molecular weight is 308 g/mol. The molecular weight excluding hydrogens is 288 g/mol. The van der Waals surface area contributed by atoms with Crippen molar-refractivity contribution in [2.24, 2.45) is 0 Å². The summed E-state index contributed by atoms with van der Waals surface area (Å²) < 4.78 is 50.9. The standard InChI is InChI=1S/C14H20F4N2O/c1-10(9-20(2)5-6-21)19-8-11-3-4-12(7-13(11)15)14(16,17)18/h3-4,7,10,19,21H,5-6,8-9H2,1-2H3. The highest BCUT2D eigenvalue weighted by atomic mass is 19.4. The second kappa shape index (κ2) is 7.72. The third-order valence-corrected chi connectivity index (χ3v) is 3.09. The molecule has 2 N–H and O–H groups in total. The largest absolute Gasteiger partial charge is 0.416 e. The summed E-state index contributed by atoms with van der Waals surface area (Å²) in [4.78, 5) is 1.90. The molecule has 0 aliphatic heterocycles. The maximum absolute atomic E-state index is 13.6. The number of rotatable bonds is 7. The molecule has 1 unspecified atom stereocenters. The van der Waals surface area contributed by atoms with Crippen LogP contribution in [0.5, 0.6) is 0 Å². The monoisotopic (exact) mass is 308 g/mol. The Morgan fingerprint density at radius 2 is 2.00 bits per heavy atom. The van der Waals surface area contributed by atoms with Crippen molar-refractivity contribution in [3.05, 3.63) is 35.1 Å². The summed E-state index contributed by atoms with van der Waals surface area (Å²) >= 11 is 0. The number of likely N-dealkylation sites (N-methyl/N-ethyl adjacent to an activating group) is 1. The van der Waals surface area contributed by atoms with Gasteiger partial charge in [-0.15, -0.1) is 0 Å². The zero-order valence-corrected chi connectivity index (χ0v) is 12.0. The minimum atomic E-state index is -4.53. The molecule has 0 radical (unpaired) electrons. The van der Waals surface area contributed by atoms with Gasteiger partial charge in [-0.1, -0.05) is 6.07 Å². The van der Waals surface area contributed by atoms with Crippen LogP contribution >= 0.6 is 0 Å². The first-order chi connectivity index (χ1) is 9.74. The molecule has 120 valence electrons. The lowest BCUT2D eigenvalue weighted by Crippen LogP contribution is -2.38. The van der Waals surface area contributed by atoms with E-state index in [4.69, 9.17) is 5.11 Å². The topological polar surface area (TPSA) is 35.5 Å². The lowest BCUT2D eigenvalue weighted by atomic mass is 10.1. The van der Waals surface area contributed by atoms with Gasteiger partial charge in [0, 0.05) is 31.2 Å². The number of benzene rings is 1. The summed E-state index contributed by atoms with van der Waals surface area (Å²) in [6.45, 7) is 3.26. The molecule has 0 fully saturated rings. The van der Waals surface area contributed by atoms with Gasteiger partial charge in [-0.05, 0) is 26.1 Å². The molecule has 1 atom stereocenters. The SMILES string of the molecule is CC(CN(C)CCO)NCc1ccc(C(F)(F)F)cc1F. The summed E-state index contributed by atoms with van der Waals surface area (Å²) in [5.74, 6) is -0.867. The molecule has 1 aromatic rings. The maximum atomic E-state index is 13.6. The molecule has 0 saturated heterocycles. The molecule has 0 heterocycles. The number of aliphatic hydroxyl groups excluding tert-OH is 1. The fourth-order valence-corrected chi connectivity index (χ4v) is 1.95. The van der Waals surface area contributed by atoms with Gasteiger partial charge in [-0.25, -0.2) is 4.39 Å². The number of alkyl halides is 3. The van der Waals surface area contributed by atoms with E-state index in [0.29, 0.717) is 19.2 Å². The van der Waals surface area contributed by atoms with Crippen LogP contribution in [0.2, 0.25) is 0 Å². The fourth-order valence-electron chi connectivity index (χ4n) is 1.95. The smallest absolute Gasteiger partial charge is 0.395 e. The molecule has 0 aliphatic carbocycles. The Labute approximate surface area is 121 Å². The van der Waals surface area contributed by atoms with E-state index < -0.39 is 17.6 Å². The number of halogens is 4. The lowest BCUT2D eigenvalue weighted by molar-refractivity contribution is -0.137. The van der Waals surface area contributed by atoms with E-state index in [1.165, 1.54) is 0 Å². The third kappa shape index (κ3) is 5.99. The maximum Gasteiger partial charge on any atom is 0.416 e. The van der Waals surface area contributed by atoms with Gasteiger partial charge in [-0.2, -0.15) is 13.2 Å². The molecule has 0 spiro atoms. The van der Waals surface area contributed by atoms with Gasteiger partial charge in [0.15, 0.2) is 0 Å². The van der Waals surface area contributed by atoms with Crippen LogP contribution in [0.25, 0.3) is 0 Å². The predicted octanol–water partition coefficient (Wildman–Crippen LogP) is 2.25. The van der Waals surface area contributed by atoms with E-state index >= 15 is 0 Å². The highest BCUT2D eigenvalue weighted by Gasteiger charge is 2.31. The first kappa shape index (κ1) is 17.9. The van der Waals surface area contributed by atoms with Gasteiger partial charge in [0.1, 0.15) is 5.82 Å². The second-order valence-corrected chi connectivity index (χ2v) is 5.07. The number of nitrogens with one attached hydrogen (secondary N) is 1. The minimum absolute atomic E-state index is 0.0169. The Balaban J connectivity index is 2.56. The molecule has 0 saturated carbocycles. The summed E-state index contributed by atoms with van der Waals surface area (Å²) in [5.41, 5.74) is -0.792. The molecule has 0 amide bonds. The second-order valence-electron chi connectivity index (χ2n) is 5.07. The zero-order chi connectivity index (χ0) is 16.0. The highest BCUT2D eigenvalue weighted by Crippen LogP contribution is 2.30. The van der Waals surface area contributed by atoms with Gasteiger partial charge < -0.3 is 15.3 Å². The molecule has 3 nitrogen and oxygen atoms in total. The van der Waals surface area contributed by atoms with E-state index in [-0.39, 0.29) is 24.8 Å². The van der Waals surface area contributed by atoms with Crippen LogP contribution in [-0.4, -0.2) is 42.8 Å². The number of nitrogens with zero attached hydrogens (tertiary/aromatic N) is 1. The Bertz CT molecular complexity index is 451. The molecular formula is C14H20F4N2O. The summed E-state index contributed by atoms with van der Waals surface area (Å²) in [7, 11) is 1.84. The molecule has 0 aromatic heterocycles. The predicted molar refractivity (Wildman–Crippen MR) is 72.3 cm³/mol. The normalized spacial score (nSPS) is 13.7. The van der Waals surface area contributed by atoms with Crippen LogP contribution in [0, 0.1) is 5.82 Å². The number of aliphatic hydroxyl groups is 1. The van der Waals surface area contributed by atoms with Crippen LogP contribution in [0.15, 0.2) is 18.2 Å². The molecule has 0 aliphatic rings. The first-order valence-corrected chi connectivity index (χ1v) is 6.62. The minimum Gasteiger partial charge on any atom is -0.395 e. The van der Waals surface area contributed by atoms with Gasteiger partial charge in [0.25, 0.3) is 0 Å². The van der Waals surface area contributed by atoms with Crippen molar-refractivity contribution in [3.8, 4) is 0 Å². The van der Waals surface area contributed by atoms with Crippen molar-refractivity contribution in [2.45, 2.75) is 25.7 Å². The lowest BCUT2D eigenvalue weighted by Gasteiger charge is -2.21. The summed E-state index contributed by atoms with van der Waals surface area (Å²) in [6.07, 6.45) is -4.53. The van der Waals surface area contributed by atoms with Crippen molar-refractivity contribution in [3.63, 3.8) is 0 Å². The van der Waals surface area contributed by atoms with Crippen LogP contribution in [0.3, 0.4) is 0 Å². The number of hydrogen-bond acceptors (Lipinski definition) is 3.